The Kier molecular flexibility index (Phi) is 5.75. The molecule has 9 heteroatoms. The number of aromatic nitrogens is 2. The van der Waals surface area contributed by atoms with Crippen molar-refractivity contribution in [2.75, 3.05) is 11.9 Å². The van der Waals surface area contributed by atoms with Gasteiger partial charge < -0.3 is 14.4 Å². The minimum absolute atomic E-state index is 0.224. The Morgan fingerprint density at radius 1 is 1.08 bits per heavy atom. The zero-order valence-electron chi connectivity index (χ0n) is 16.2. The number of halogens is 1. The summed E-state index contributed by atoms with van der Waals surface area (Å²) in [6, 6.07) is 0. The van der Waals surface area contributed by atoms with E-state index in [4.69, 9.17) is 21.1 Å². The zero-order chi connectivity index (χ0) is 19.7. The third-order valence-electron chi connectivity index (χ3n) is 3.40. The molecular formula is C17H27ClN4O4. The highest BCUT2D eigenvalue weighted by molar-refractivity contribution is 6.34. The van der Waals surface area contributed by atoms with Crippen molar-refractivity contribution in [3.8, 4) is 0 Å². The number of rotatable bonds is 1. The van der Waals surface area contributed by atoms with Gasteiger partial charge in [-0.1, -0.05) is 11.6 Å². The van der Waals surface area contributed by atoms with Crippen LogP contribution < -0.4 is 5.32 Å². The molecule has 2 heterocycles. The first kappa shape index (κ1) is 20.4. The molecule has 0 fully saturated rings. The molecule has 8 nitrogen and oxygen atoms in total. The van der Waals surface area contributed by atoms with Gasteiger partial charge in [0.2, 0.25) is 0 Å². The van der Waals surface area contributed by atoms with E-state index < -0.39 is 23.4 Å². The van der Waals surface area contributed by atoms with E-state index >= 15 is 0 Å². The number of hydrogen-bond acceptors (Lipinski definition) is 5. The summed E-state index contributed by atoms with van der Waals surface area (Å²) in [7, 11) is 0. The molecule has 1 aliphatic rings. The molecule has 0 saturated carbocycles. The van der Waals surface area contributed by atoms with Crippen LogP contribution >= 0.6 is 11.6 Å². The first-order valence-electron chi connectivity index (χ1n) is 8.59. The van der Waals surface area contributed by atoms with Crippen molar-refractivity contribution in [3.63, 3.8) is 0 Å². The lowest BCUT2D eigenvalue weighted by Crippen LogP contribution is -2.36. The van der Waals surface area contributed by atoms with Crippen LogP contribution in [0.2, 0.25) is 5.02 Å². The molecule has 0 bridgehead atoms. The standard InChI is InChI=1S/C17H27ClN4O4/c1-16(2,3)25-14(23)19-13-12(18)11-10-21(8-7-9-22(11)20-13)15(24)26-17(4,5)6/h7-10H2,1-6H3,(H,19,20,23). The van der Waals surface area contributed by atoms with Gasteiger partial charge >= 0.3 is 12.2 Å². The van der Waals surface area contributed by atoms with Gasteiger partial charge in [-0.05, 0) is 48.0 Å². The Balaban J connectivity index is 2.15. The molecular weight excluding hydrogens is 360 g/mol. The molecule has 0 radical (unpaired) electrons. The van der Waals surface area contributed by atoms with Gasteiger partial charge in [0.05, 0.1) is 12.2 Å². The number of nitrogens with one attached hydrogen (secondary N) is 1. The summed E-state index contributed by atoms with van der Waals surface area (Å²) in [5.41, 5.74) is -0.543. The second kappa shape index (κ2) is 7.34. The number of hydrogen-bond donors (Lipinski definition) is 1. The van der Waals surface area contributed by atoms with Crippen LogP contribution in [0.1, 0.15) is 53.7 Å². The number of aryl methyl sites for hydroxylation is 1. The molecule has 2 amide bonds. The summed E-state index contributed by atoms with van der Waals surface area (Å²) in [5.74, 6) is 0.224. The SMILES string of the molecule is CC(C)(C)OC(=O)Nc1nn2c(c1Cl)CN(C(=O)OC(C)(C)C)CCC2. The Hall–Kier alpha value is -1.96. The molecule has 0 saturated heterocycles. The normalized spacial score (nSPS) is 15.1. The average molecular weight is 387 g/mol. The van der Waals surface area contributed by atoms with E-state index in [1.54, 1.807) is 30.4 Å². The lowest BCUT2D eigenvalue weighted by Gasteiger charge is -2.26. The smallest absolute Gasteiger partial charge is 0.413 e. The number of fused-ring (bicyclic) bond motifs is 1. The maximum absolute atomic E-state index is 12.4. The van der Waals surface area contributed by atoms with E-state index in [1.165, 1.54) is 0 Å². The number of carbonyl (C=O) groups is 2. The molecule has 0 aromatic carbocycles. The van der Waals surface area contributed by atoms with Crippen LogP contribution in [0, 0.1) is 0 Å². The van der Waals surface area contributed by atoms with Crippen molar-refractivity contribution in [1.82, 2.24) is 14.7 Å². The maximum Gasteiger partial charge on any atom is 0.413 e. The van der Waals surface area contributed by atoms with E-state index in [-0.39, 0.29) is 12.4 Å². The third-order valence-corrected chi connectivity index (χ3v) is 3.80. The summed E-state index contributed by atoms with van der Waals surface area (Å²) in [6.07, 6.45) is -0.322. The van der Waals surface area contributed by atoms with Crippen LogP contribution in [0.4, 0.5) is 15.4 Å². The Morgan fingerprint density at radius 2 is 1.69 bits per heavy atom. The minimum Gasteiger partial charge on any atom is -0.444 e. The van der Waals surface area contributed by atoms with E-state index in [0.717, 1.165) is 0 Å². The van der Waals surface area contributed by atoms with Gasteiger partial charge in [-0.15, -0.1) is 0 Å². The predicted molar refractivity (Wildman–Crippen MR) is 98.4 cm³/mol. The number of amides is 2. The Labute approximate surface area is 158 Å². The Morgan fingerprint density at radius 3 is 2.27 bits per heavy atom. The highest BCUT2D eigenvalue weighted by Crippen LogP contribution is 2.29. The topological polar surface area (TPSA) is 85.7 Å². The molecule has 0 aliphatic carbocycles. The second-order valence-corrected chi connectivity index (χ2v) is 8.59. The summed E-state index contributed by atoms with van der Waals surface area (Å²) in [5, 5.41) is 7.21. The van der Waals surface area contributed by atoms with Gasteiger partial charge in [0.25, 0.3) is 0 Å². The number of ether oxygens (including phenoxy) is 2. The molecule has 2 rings (SSSR count). The monoisotopic (exact) mass is 386 g/mol. The van der Waals surface area contributed by atoms with Crippen molar-refractivity contribution >= 4 is 29.6 Å². The van der Waals surface area contributed by atoms with Crippen molar-refractivity contribution in [2.24, 2.45) is 0 Å². The van der Waals surface area contributed by atoms with E-state index in [9.17, 15) is 9.59 Å². The molecule has 1 aromatic heterocycles. The van der Waals surface area contributed by atoms with Crippen molar-refractivity contribution in [2.45, 2.75) is 72.3 Å². The molecule has 146 valence electrons. The van der Waals surface area contributed by atoms with Gasteiger partial charge in [0.15, 0.2) is 5.82 Å². The molecule has 26 heavy (non-hydrogen) atoms. The fourth-order valence-corrected chi connectivity index (χ4v) is 2.69. The van der Waals surface area contributed by atoms with Crippen LogP contribution in [0.15, 0.2) is 0 Å². The Bertz CT molecular complexity index is 688. The van der Waals surface area contributed by atoms with Gasteiger partial charge in [-0.2, -0.15) is 5.10 Å². The third kappa shape index (κ3) is 5.52. The molecule has 1 aliphatic heterocycles. The van der Waals surface area contributed by atoms with Gasteiger partial charge in [0, 0.05) is 13.1 Å². The summed E-state index contributed by atoms with van der Waals surface area (Å²) < 4.78 is 12.4. The second-order valence-electron chi connectivity index (χ2n) is 8.21. The fraction of sp³-hybridized carbons (Fsp3) is 0.706. The fourth-order valence-electron chi connectivity index (χ4n) is 2.44. The first-order valence-corrected chi connectivity index (χ1v) is 8.96. The van der Waals surface area contributed by atoms with Crippen molar-refractivity contribution in [1.29, 1.82) is 0 Å². The molecule has 0 unspecified atom stereocenters. The van der Waals surface area contributed by atoms with Crippen LogP contribution in [0.3, 0.4) is 0 Å². The predicted octanol–water partition coefficient (Wildman–Crippen LogP) is 4.02. The largest absolute Gasteiger partial charge is 0.444 e. The number of nitrogens with zero attached hydrogens (tertiary/aromatic N) is 3. The van der Waals surface area contributed by atoms with Crippen LogP contribution in [0.5, 0.6) is 0 Å². The van der Waals surface area contributed by atoms with Gasteiger partial charge in [0.1, 0.15) is 16.2 Å². The maximum atomic E-state index is 12.4. The lowest BCUT2D eigenvalue weighted by molar-refractivity contribution is 0.0236. The first-order chi connectivity index (χ1) is 11.9. The minimum atomic E-state index is -0.628. The molecule has 0 spiro atoms. The van der Waals surface area contributed by atoms with E-state index in [0.29, 0.717) is 30.2 Å². The molecule has 0 atom stereocenters. The van der Waals surface area contributed by atoms with Crippen LogP contribution in [-0.2, 0) is 22.6 Å². The highest BCUT2D eigenvalue weighted by Gasteiger charge is 2.28. The summed E-state index contributed by atoms with van der Waals surface area (Å²) in [4.78, 5) is 25.9. The van der Waals surface area contributed by atoms with E-state index in [1.807, 2.05) is 20.8 Å². The quantitative estimate of drug-likeness (QED) is 0.787. The summed E-state index contributed by atoms with van der Waals surface area (Å²) in [6.45, 7) is 12.2. The molecule has 1 N–H and O–H groups in total. The zero-order valence-corrected chi connectivity index (χ0v) is 16.9. The van der Waals surface area contributed by atoms with Gasteiger partial charge in [-0.3, -0.25) is 10.00 Å². The van der Waals surface area contributed by atoms with E-state index in [2.05, 4.69) is 10.4 Å². The van der Waals surface area contributed by atoms with Crippen molar-refractivity contribution in [3.05, 3.63) is 10.7 Å². The summed E-state index contributed by atoms with van der Waals surface area (Å²) >= 11 is 6.40. The van der Waals surface area contributed by atoms with Crippen LogP contribution in [-0.4, -0.2) is 44.6 Å². The van der Waals surface area contributed by atoms with Gasteiger partial charge in [-0.25, -0.2) is 9.59 Å². The number of carbonyl (C=O) groups excluding carboxylic acids is 2. The highest BCUT2D eigenvalue weighted by atomic mass is 35.5. The van der Waals surface area contributed by atoms with Crippen LogP contribution in [0.25, 0.3) is 0 Å². The lowest BCUT2D eigenvalue weighted by atomic mass is 10.2. The average Bonchev–Trinajstić information content (AvgIpc) is 2.62. The molecule has 1 aromatic rings. The van der Waals surface area contributed by atoms with Crippen molar-refractivity contribution < 1.29 is 19.1 Å². The number of anilines is 1.